The van der Waals surface area contributed by atoms with Gasteiger partial charge in [0.15, 0.2) is 0 Å². The molecule has 4 aliphatic rings. The van der Waals surface area contributed by atoms with E-state index >= 15 is 0 Å². The Labute approximate surface area is 131 Å². The molecule has 21 heavy (non-hydrogen) atoms. The van der Waals surface area contributed by atoms with Crippen molar-refractivity contribution in [2.24, 2.45) is 46.2 Å². The van der Waals surface area contributed by atoms with Crippen LogP contribution in [0.4, 0.5) is 0 Å². The summed E-state index contributed by atoms with van der Waals surface area (Å²) in [6.07, 6.45) is 15.1. The molecule has 0 aromatic heterocycles. The van der Waals surface area contributed by atoms with E-state index in [1.54, 1.807) is 6.42 Å². The first-order valence-electron chi connectivity index (χ1n) is 9.79. The van der Waals surface area contributed by atoms with Gasteiger partial charge in [-0.05, 0) is 98.3 Å². The topological polar surface area (TPSA) is 26.0 Å². The van der Waals surface area contributed by atoms with E-state index in [0.29, 0.717) is 10.8 Å². The molecular weight excluding hydrogens is 254 g/mol. The Morgan fingerprint density at radius 1 is 0.810 bits per heavy atom. The minimum absolute atomic E-state index is 0.591. The molecule has 1 heteroatoms. The van der Waals surface area contributed by atoms with Gasteiger partial charge in [0.05, 0.1) is 0 Å². The molecule has 0 saturated heterocycles. The molecule has 120 valence electrons. The molecule has 0 amide bonds. The molecule has 4 fully saturated rings. The van der Waals surface area contributed by atoms with Crippen molar-refractivity contribution in [1.82, 2.24) is 0 Å². The molecule has 0 aromatic rings. The van der Waals surface area contributed by atoms with Crippen LogP contribution < -0.4 is 5.73 Å². The van der Waals surface area contributed by atoms with Crippen LogP contribution in [0.5, 0.6) is 0 Å². The quantitative estimate of drug-likeness (QED) is 0.722. The summed E-state index contributed by atoms with van der Waals surface area (Å²) in [6.45, 7) is 6.23. The van der Waals surface area contributed by atoms with Gasteiger partial charge in [0.1, 0.15) is 0 Å². The molecule has 7 atom stereocenters. The lowest BCUT2D eigenvalue weighted by Gasteiger charge is -2.60. The average molecular weight is 290 g/mol. The molecule has 0 radical (unpaired) electrons. The monoisotopic (exact) mass is 289 g/mol. The fourth-order valence-electron chi connectivity index (χ4n) is 7.79. The van der Waals surface area contributed by atoms with Gasteiger partial charge >= 0.3 is 0 Å². The van der Waals surface area contributed by atoms with Crippen molar-refractivity contribution in [3.63, 3.8) is 0 Å². The van der Waals surface area contributed by atoms with Crippen molar-refractivity contribution in [3.8, 4) is 0 Å². The summed E-state index contributed by atoms with van der Waals surface area (Å²) in [4.78, 5) is 0. The summed E-state index contributed by atoms with van der Waals surface area (Å²) in [5.74, 6) is 4.97. The van der Waals surface area contributed by atoms with Crippen molar-refractivity contribution in [2.75, 3.05) is 6.54 Å². The van der Waals surface area contributed by atoms with Gasteiger partial charge in [0.2, 0.25) is 0 Å². The van der Waals surface area contributed by atoms with Crippen LogP contribution in [-0.2, 0) is 0 Å². The lowest BCUT2D eigenvalue weighted by molar-refractivity contribution is -0.110. The Hall–Kier alpha value is -0.0400. The predicted molar refractivity (Wildman–Crippen MR) is 88.9 cm³/mol. The van der Waals surface area contributed by atoms with Crippen molar-refractivity contribution >= 4 is 0 Å². The summed E-state index contributed by atoms with van der Waals surface area (Å²) in [6, 6.07) is 0. The van der Waals surface area contributed by atoms with Gasteiger partial charge in [-0.2, -0.15) is 0 Å². The normalized spacial score (nSPS) is 56.4. The van der Waals surface area contributed by atoms with Gasteiger partial charge in [-0.3, -0.25) is 0 Å². The Bertz CT molecular complexity index is 405. The Balaban J connectivity index is 1.62. The van der Waals surface area contributed by atoms with Crippen LogP contribution in [0.1, 0.15) is 78.1 Å². The third-order valence-electron chi connectivity index (χ3n) is 9.06. The van der Waals surface area contributed by atoms with Gasteiger partial charge in [-0.1, -0.05) is 26.7 Å². The molecule has 1 unspecified atom stereocenters. The number of hydrogen-bond donors (Lipinski definition) is 1. The van der Waals surface area contributed by atoms with Crippen molar-refractivity contribution in [2.45, 2.75) is 78.1 Å². The van der Waals surface area contributed by atoms with Gasteiger partial charge in [0.25, 0.3) is 0 Å². The molecule has 1 nitrogen and oxygen atoms in total. The zero-order valence-electron chi connectivity index (χ0n) is 14.2. The van der Waals surface area contributed by atoms with E-state index in [1.807, 2.05) is 0 Å². The van der Waals surface area contributed by atoms with Crippen LogP contribution in [-0.4, -0.2) is 6.54 Å². The summed E-state index contributed by atoms with van der Waals surface area (Å²) >= 11 is 0. The standard InChI is InChI=1S/C20H35N/c1-19-11-4-3-5-14(19)6-8-16-17-9-7-15(13-21)20(17,2)12-10-18(16)19/h14-18H,3-13,21H2,1-2H3/t14-,15?,16+,17+,18+,19+,20-/m1/s1. The zero-order chi connectivity index (χ0) is 14.7. The van der Waals surface area contributed by atoms with E-state index in [0.717, 1.165) is 36.1 Å². The molecule has 4 rings (SSSR count). The Kier molecular flexibility index (Phi) is 3.45. The largest absolute Gasteiger partial charge is 0.330 e. The first-order valence-corrected chi connectivity index (χ1v) is 9.79. The van der Waals surface area contributed by atoms with Gasteiger partial charge in [-0.25, -0.2) is 0 Å². The number of hydrogen-bond acceptors (Lipinski definition) is 1. The molecule has 2 N–H and O–H groups in total. The van der Waals surface area contributed by atoms with Gasteiger partial charge in [0, 0.05) is 0 Å². The van der Waals surface area contributed by atoms with E-state index in [9.17, 15) is 0 Å². The van der Waals surface area contributed by atoms with Crippen LogP contribution in [0.3, 0.4) is 0 Å². The average Bonchev–Trinajstić information content (AvgIpc) is 2.83. The zero-order valence-corrected chi connectivity index (χ0v) is 14.2. The van der Waals surface area contributed by atoms with E-state index < -0.39 is 0 Å². The highest BCUT2D eigenvalue weighted by Crippen LogP contribution is 2.67. The second-order valence-electron chi connectivity index (χ2n) is 9.46. The third-order valence-corrected chi connectivity index (χ3v) is 9.06. The molecule has 4 saturated carbocycles. The first kappa shape index (κ1) is 14.5. The lowest BCUT2D eigenvalue weighted by Crippen LogP contribution is -2.53. The van der Waals surface area contributed by atoms with E-state index in [1.165, 1.54) is 57.8 Å². The van der Waals surface area contributed by atoms with E-state index in [2.05, 4.69) is 13.8 Å². The first-order chi connectivity index (χ1) is 10.1. The molecule has 0 aromatic carbocycles. The molecule has 4 aliphatic carbocycles. The summed E-state index contributed by atoms with van der Waals surface area (Å²) in [7, 11) is 0. The molecular formula is C20H35N. The second kappa shape index (κ2) is 4.98. The van der Waals surface area contributed by atoms with Crippen LogP contribution in [0, 0.1) is 40.4 Å². The van der Waals surface area contributed by atoms with Crippen LogP contribution in [0.25, 0.3) is 0 Å². The number of rotatable bonds is 1. The highest BCUT2D eigenvalue weighted by atomic mass is 14.7. The van der Waals surface area contributed by atoms with Crippen molar-refractivity contribution < 1.29 is 0 Å². The maximum atomic E-state index is 6.13. The minimum Gasteiger partial charge on any atom is -0.330 e. The molecule has 0 heterocycles. The molecule has 0 bridgehead atoms. The number of fused-ring (bicyclic) bond motifs is 5. The van der Waals surface area contributed by atoms with Crippen LogP contribution in [0.2, 0.25) is 0 Å². The highest BCUT2D eigenvalue weighted by molar-refractivity contribution is 5.08. The van der Waals surface area contributed by atoms with E-state index in [4.69, 9.17) is 5.73 Å². The highest BCUT2D eigenvalue weighted by Gasteiger charge is 2.59. The minimum atomic E-state index is 0.591. The van der Waals surface area contributed by atoms with Gasteiger partial charge in [-0.15, -0.1) is 0 Å². The van der Waals surface area contributed by atoms with Crippen LogP contribution in [0.15, 0.2) is 0 Å². The fourth-order valence-corrected chi connectivity index (χ4v) is 7.79. The maximum Gasteiger partial charge on any atom is -0.00435 e. The predicted octanol–water partition coefficient (Wildman–Crippen LogP) is 4.99. The second-order valence-corrected chi connectivity index (χ2v) is 9.46. The van der Waals surface area contributed by atoms with Crippen molar-refractivity contribution in [1.29, 1.82) is 0 Å². The Morgan fingerprint density at radius 3 is 2.43 bits per heavy atom. The third kappa shape index (κ3) is 1.92. The fraction of sp³-hybridized carbons (Fsp3) is 1.00. The lowest BCUT2D eigenvalue weighted by atomic mass is 9.45. The van der Waals surface area contributed by atoms with Gasteiger partial charge < -0.3 is 5.73 Å². The maximum absolute atomic E-state index is 6.13. The van der Waals surface area contributed by atoms with Crippen LogP contribution >= 0.6 is 0 Å². The summed E-state index contributed by atoms with van der Waals surface area (Å²) in [5.41, 5.74) is 7.41. The van der Waals surface area contributed by atoms with E-state index in [-0.39, 0.29) is 0 Å². The van der Waals surface area contributed by atoms with Crippen molar-refractivity contribution in [3.05, 3.63) is 0 Å². The summed E-state index contributed by atoms with van der Waals surface area (Å²) < 4.78 is 0. The molecule has 0 spiro atoms. The Morgan fingerprint density at radius 2 is 1.62 bits per heavy atom. The summed E-state index contributed by atoms with van der Waals surface area (Å²) in [5, 5.41) is 0. The number of nitrogens with two attached hydrogens (primary N) is 1. The molecule has 0 aliphatic heterocycles. The smallest absolute Gasteiger partial charge is 0.00435 e. The SMILES string of the molecule is C[C@]12CCCC[C@@H]1CC[C@@H]1[C@@H]2CC[C@]2(C)C(CN)CC[C@@H]12.